The molecule has 2 aromatic heterocycles. The number of aromatic nitrogens is 4. The van der Waals surface area contributed by atoms with Gasteiger partial charge in [-0.25, -0.2) is 15.0 Å². The molecule has 13 rings (SSSR count). The molecule has 0 saturated carbocycles. The Morgan fingerprint density at radius 2 is 0.803 bits per heavy atom. The minimum atomic E-state index is -0.480. The summed E-state index contributed by atoms with van der Waals surface area (Å²) >= 11 is 1.88. The molecular formula is C61H42N4S. The largest absolute Gasteiger partial charge is 0.309 e. The molecule has 0 saturated heterocycles. The molecule has 0 radical (unpaired) electrons. The summed E-state index contributed by atoms with van der Waals surface area (Å²) in [5.74, 6) is 1.90. The summed E-state index contributed by atoms with van der Waals surface area (Å²) in [7, 11) is 0. The van der Waals surface area contributed by atoms with Crippen molar-refractivity contribution in [2.75, 3.05) is 0 Å². The predicted octanol–water partition coefficient (Wildman–Crippen LogP) is 15.1. The van der Waals surface area contributed by atoms with Crippen LogP contribution in [0.25, 0.3) is 72.8 Å². The molecule has 312 valence electrons. The van der Waals surface area contributed by atoms with Crippen LogP contribution in [-0.4, -0.2) is 19.5 Å². The van der Waals surface area contributed by atoms with Gasteiger partial charge in [0.05, 0.1) is 16.4 Å². The van der Waals surface area contributed by atoms with E-state index in [1.165, 1.54) is 70.5 Å². The Morgan fingerprint density at radius 3 is 1.39 bits per heavy atom. The highest BCUT2D eigenvalue weighted by molar-refractivity contribution is 7.99. The number of fused-ring (bicyclic) bond motifs is 11. The SMILES string of the molecule is CC1(C)c2ccccc2C2(c3ccccc3Sc3ccccc32)c2cccc(-c3ccc(-c4nc(-c5ccccc5)nc(-c5ccc(-n6c7ccccc7c7ccccc76)cc5)n4)cc3)c21. The van der Waals surface area contributed by atoms with Gasteiger partial charge in [-0.05, 0) is 93.0 Å². The van der Waals surface area contributed by atoms with Gasteiger partial charge in [0.1, 0.15) is 0 Å². The summed E-state index contributed by atoms with van der Waals surface area (Å²) in [4.78, 5) is 18.0. The molecule has 1 aliphatic carbocycles. The zero-order valence-electron chi connectivity index (χ0n) is 36.5. The van der Waals surface area contributed by atoms with E-state index in [1.807, 2.05) is 30.0 Å². The first-order valence-electron chi connectivity index (χ1n) is 22.6. The molecule has 5 heteroatoms. The van der Waals surface area contributed by atoms with Crippen LogP contribution in [0, 0.1) is 0 Å². The summed E-state index contributed by atoms with van der Waals surface area (Å²) in [6.07, 6.45) is 0. The second-order valence-corrected chi connectivity index (χ2v) is 19.0. The zero-order valence-corrected chi connectivity index (χ0v) is 37.3. The van der Waals surface area contributed by atoms with Crippen LogP contribution >= 0.6 is 11.8 Å². The second kappa shape index (κ2) is 14.8. The van der Waals surface area contributed by atoms with Gasteiger partial charge in [0.2, 0.25) is 0 Å². The van der Waals surface area contributed by atoms with E-state index >= 15 is 0 Å². The van der Waals surface area contributed by atoms with Crippen molar-refractivity contribution in [2.24, 2.45) is 0 Å². The molecule has 3 heterocycles. The average Bonchev–Trinajstić information content (AvgIpc) is 3.72. The van der Waals surface area contributed by atoms with Crippen molar-refractivity contribution < 1.29 is 0 Å². The molecule has 1 spiro atoms. The summed E-state index contributed by atoms with van der Waals surface area (Å²) in [5.41, 5.74) is 15.9. The van der Waals surface area contributed by atoms with Crippen molar-refractivity contribution in [3.05, 3.63) is 252 Å². The molecule has 66 heavy (non-hydrogen) atoms. The first kappa shape index (κ1) is 38.6. The lowest BCUT2D eigenvalue weighted by molar-refractivity contribution is 0.550. The van der Waals surface area contributed by atoms with Crippen LogP contribution in [0.2, 0.25) is 0 Å². The van der Waals surface area contributed by atoms with Crippen LogP contribution in [0.1, 0.15) is 47.2 Å². The number of nitrogens with zero attached hydrogens (tertiary/aromatic N) is 4. The smallest absolute Gasteiger partial charge is 0.164 e. The van der Waals surface area contributed by atoms with Gasteiger partial charge in [-0.1, -0.05) is 195 Å². The van der Waals surface area contributed by atoms with E-state index < -0.39 is 5.41 Å². The first-order chi connectivity index (χ1) is 32.5. The third kappa shape index (κ3) is 5.69. The highest BCUT2D eigenvalue weighted by Gasteiger charge is 2.52. The van der Waals surface area contributed by atoms with Crippen molar-refractivity contribution in [1.82, 2.24) is 19.5 Å². The molecule has 0 N–H and O–H groups in total. The molecule has 0 fully saturated rings. The Bertz CT molecular complexity index is 3600. The molecular weight excluding hydrogens is 821 g/mol. The van der Waals surface area contributed by atoms with Gasteiger partial charge in [0, 0.05) is 48.4 Å². The van der Waals surface area contributed by atoms with Gasteiger partial charge in [0.25, 0.3) is 0 Å². The Hall–Kier alpha value is -7.86. The summed E-state index contributed by atoms with van der Waals surface area (Å²) in [6.45, 7) is 4.80. The Morgan fingerprint density at radius 1 is 0.364 bits per heavy atom. The molecule has 1 aliphatic heterocycles. The minimum Gasteiger partial charge on any atom is -0.309 e. The van der Waals surface area contributed by atoms with Crippen molar-refractivity contribution in [2.45, 2.75) is 34.5 Å². The monoisotopic (exact) mass is 862 g/mol. The van der Waals surface area contributed by atoms with Crippen LogP contribution in [0.3, 0.4) is 0 Å². The van der Waals surface area contributed by atoms with E-state index in [0.29, 0.717) is 17.5 Å². The molecule has 4 nitrogen and oxygen atoms in total. The lowest BCUT2D eigenvalue weighted by atomic mass is 9.53. The van der Waals surface area contributed by atoms with Crippen LogP contribution in [0.15, 0.2) is 228 Å². The molecule has 0 atom stereocenters. The standard InChI is InChI=1S/C61H42N4S/c1-60(2)47-22-8-9-23-48(47)61(49-24-10-14-29-54(49)66-55-30-15-11-25-50(55)61)51-26-16-21-44(56(51)60)39-31-33-41(34-32-39)58-62-57(40-17-4-3-5-18-40)63-59(64-58)42-35-37-43(38-36-42)65-52-27-12-6-19-45(52)46-20-7-13-28-53(46)65/h3-38H,1-2H3. The topological polar surface area (TPSA) is 43.6 Å². The van der Waals surface area contributed by atoms with Crippen molar-refractivity contribution in [1.29, 1.82) is 0 Å². The lowest BCUT2D eigenvalue weighted by Crippen LogP contribution is -2.43. The summed E-state index contributed by atoms with van der Waals surface area (Å²) in [6, 6.07) is 79.0. The Balaban J connectivity index is 0.936. The quantitative estimate of drug-likeness (QED) is 0.173. The highest BCUT2D eigenvalue weighted by atomic mass is 32.2. The predicted molar refractivity (Wildman–Crippen MR) is 270 cm³/mol. The minimum absolute atomic E-state index is 0.286. The first-order valence-corrected chi connectivity index (χ1v) is 23.4. The zero-order chi connectivity index (χ0) is 44.0. The van der Waals surface area contributed by atoms with E-state index in [4.69, 9.17) is 15.0 Å². The van der Waals surface area contributed by atoms with Gasteiger partial charge in [-0.3, -0.25) is 0 Å². The fourth-order valence-electron chi connectivity index (χ4n) is 11.1. The van der Waals surface area contributed by atoms with E-state index in [9.17, 15) is 0 Å². The average molecular weight is 863 g/mol. The van der Waals surface area contributed by atoms with E-state index in [1.54, 1.807) is 0 Å². The molecule has 0 amide bonds. The Labute approximate surface area is 388 Å². The van der Waals surface area contributed by atoms with Crippen LogP contribution in [0.4, 0.5) is 0 Å². The van der Waals surface area contributed by atoms with Crippen LogP contribution < -0.4 is 0 Å². The molecule has 0 bridgehead atoms. The number of hydrogen-bond acceptors (Lipinski definition) is 4. The molecule has 11 aromatic rings. The fraction of sp³-hybridized carbons (Fsp3) is 0.0656. The van der Waals surface area contributed by atoms with E-state index in [0.717, 1.165) is 27.9 Å². The van der Waals surface area contributed by atoms with Gasteiger partial charge in [-0.2, -0.15) is 0 Å². The Kier molecular flexibility index (Phi) is 8.68. The van der Waals surface area contributed by atoms with Crippen molar-refractivity contribution in [3.63, 3.8) is 0 Å². The number of rotatable bonds is 5. The maximum absolute atomic E-state index is 5.18. The van der Waals surface area contributed by atoms with Gasteiger partial charge in [0.15, 0.2) is 17.5 Å². The lowest BCUT2D eigenvalue weighted by Gasteiger charge is -2.51. The maximum atomic E-state index is 5.18. The normalized spacial score (nSPS) is 14.1. The highest BCUT2D eigenvalue weighted by Crippen LogP contribution is 2.62. The van der Waals surface area contributed by atoms with Crippen LogP contribution in [0.5, 0.6) is 0 Å². The number of hydrogen-bond donors (Lipinski definition) is 0. The fourth-order valence-corrected chi connectivity index (χ4v) is 12.3. The third-order valence-electron chi connectivity index (χ3n) is 14.0. The van der Waals surface area contributed by atoms with Gasteiger partial charge in [-0.15, -0.1) is 0 Å². The summed E-state index contributed by atoms with van der Waals surface area (Å²) in [5, 5.41) is 2.48. The van der Waals surface area contributed by atoms with Gasteiger partial charge >= 0.3 is 0 Å². The van der Waals surface area contributed by atoms with Gasteiger partial charge < -0.3 is 4.57 Å². The van der Waals surface area contributed by atoms with E-state index in [2.05, 4.69) is 219 Å². The van der Waals surface area contributed by atoms with Crippen LogP contribution in [-0.2, 0) is 10.8 Å². The van der Waals surface area contributed by atoms with Crippen molar-refractivity contribution >= 4 is 33.6 Å². The summed E-state index contributed by atoms with van der Waals surface area (Å²) < 4.78 is 2.33. The van der Waals surface area contributed by atoms with Crippen molar-refractivity contribution in [3.8, 4) is 51.0 Å². The molecule has 2 aliphatic rings. The second-order valence-electron chi connectivity index (χ2n) is 17.9. The van der Waals surface area contributed by atoms with E-state index in [-0.39, 0.29) is 5.41 Å². The maximum Gasteiger partial charge on any atom is 0.164 e. The molecule has 9 aromatic carbocycles. The number of benzene rings is 9. The number of para-hydroxylation sites is 2. The third-order valence-corrected chi connectivity index (χ3v) is 15.1. The molecule has 0 unspecified atom stereocenters.